The number of rotatable bonds is 6. The molecule has 0 spiro atoms. The van der Waals surface area contributed by atoms with Gasteiger partial charge < -0.3 is 15.6 Å². The number of H-pyrrole nitrogens is 1. The number of guanidine groups is 1. The lowest BCUT2D eigenvalue weighted by Gasteiger charge is -2.13. The van der Waals surface area contributed by atoms with Gasteiger partial charge in [0.15, 0.2) is 5.96 Å². The number of imidazole rings is 1. The first-order chi connectivity index (χ1) is 12.8. The SMILES string of the molecule is CCc1ccccc1CNC(=NC)NCc1ncc(-c2ccccc2)[nH]1. The van der Waals surface area contributed by atoms with E-state index in [1.165, 1.54) is 11.1 Å². The second kappa shape index (κ2) is 8.85. The summed E-state index contributed by atoms with van der Waals surface area (Å²) >= 11 is 0. The molecular weight excluding hydrogens is 322 g/mol. The molecule has 134 valence electrons. The molecule has 0 saturated carbocycles. The van der Waals surface area contributed by atoms with E-state index in [9.17, 15) is 0 Å². The monoisotopic (exact) mass is 347 g/mol. The van der Waals surface area contributed by atoms with Crippen LogP contribution in [0, 0.1) is 0 Å². The standard InChI is InChI=1S/C21H25N5/c1-3-16-9-7-8-12-18(16)13-24-21(22-2)25-15-20-23-14-19(26-20)17-10-5-4-6-11-17/h4-12,14H,3,13,15H2,1-2H3,(H,23,26)(H2,22,24,25). The average molecular weight is 347 g/mol. The Hall–Kier alpha value is -3.08. The van der Waals surface area contributed by atoms with Gasteiger partial charge in [0.05, 0.1) is 18.4 Å². The lowest BCUT2D eigenvalue weighted by atomic mass is 10.1. The second-order valence-corrected chi connectivity index (χ2v) is 6.01. The van der Waals surface area contributed by atoms with Crippen LogP contribution in [0.5, 0.6) is 0 Å². The number of benzene rings is 2. The van der Waals surface area contributed by atoms with Crippen LogP contribution in [-0.4, -0.2) is 23.0 Å². The fourth-order valence-corrected chi connectivity index (χ4v) is 2.86. The van der Waals surface area contributed by atoms with Gasteiger partial charge in [-0.25, -0.2) is 4.98 Å². The molecule has 0 atom stereocenters. The van der Waals surface area contributed by atoms with Crippen molar-refractivity contribution in [3.05, 3.63) is 77.7 Å². The molecule has 1 aromatic heterocycles. The summed E-state index contributed by atoms with van der Waals surface area (Å²) < 4.78 is 0. The molecule has 1 heterocycles. The average Bonchev–Trinajstić information content (AvgIpc) is 3.18. The van der Waals surface area contributed by atoms with E-state index < -0.39 is 0 Å². The number of aromatic amines is 1. The minimum atomic E-state index is 0.585. The molecule has 3 N–H and O–H groups in total. The molecule has 0 bridgehead atoms. The summed E-state index contributed by atoms with van der Waals surface area (Å²) in [4.78, 5) is 12.1. The van der Waals surface area contributed by atoms with Crippen molar-refractivity contribution in [2.24, 2.45) is 4.99 Å². The Morgan fingerprint density at radius 2 is 1.65 bits per heavy atom. The quantitative estimate of drug-likeness (QED) is 0.472. The Balaban J connectivity index is 1.55. The summed E-state index contributed by atoms with van der Waals surface area (Å²) in [6.07, 6.45) is 2.89. The molecule has 0 saturated heterocycles. The molecular formula is C21H25N5. The summed E-state index contributed by atoms with van der Waals surface area (Å²) in [6.45, 7) is 3.51. The van der Waals surface area contributed by atoms with Crippen LogP contribution in [0.25, 0.3) is 11.3 Å². The lowest BCUT2D eigenvalue weighted by molar-refractivity contribution is 0.778. The van der Waals surface area contributed by atoms with Gasteiger partial charge in [-0.15, -0.1) is 0 Å². The zero-order valence-electron chi connectivity index (χ0n) is 15.3. The molecule has 0 radical (unpaired) electrons. The van der Waals surface area contributed by atoms with Gasteiger partial charge >= 0.3 is 0 Å². The van der Waals surface area contributed by atoms with Crippen LogP contribution >= 0.6 is 0 Å². The fraction of sp³-hybridized carbons (Fsp3) is 0.238. The number of nitrogens with one attached hydrogen (secondary N) is 3. The van der Waals surface area contributed by atoms with Gasteiger partial charge in [0.2, 0.25) is 0 Å². The van der Waals surface area contributed by atoms with Crippen LogP contribution in [-0.2, 0) is 19.5 Å². The smallest absolute Gasteiger partial charge is 0.191 e. The van der Waals surface area contributed by atoms with E-state index in [2.05, 4.69) is 68.9 Å². The highest BCUT2D eigenvalue weighted by Crippen LogP contribution is 2.15. The molecule has 5 nitrogen and oxygen atoms in total. The van der Waals surface area contributed by atoms with E-state index in [4.69, 9.17) is 0 Å². The van der Waals surface area contributed by atoms with Crippen LogP contribution < -0.4 is 10.6 Å². The highest BCUT2D eigenvalue weighted by molar-refractivity contribution is 5.79. The van der Waals surface area contributed by atoms with Gasteiger partial charge in [0.25, 0.3) is 0 Å². The summed E-state index contributed by atoms with van der Waals surface area (Å²) in [7, 11) is 1.78. The van der Waals surface area contributed by atoms with Crippen LogP contribution in [0.1, 0.15) is 23.9 Å². The first kappa shape index (κ1) is 17.7. The van der Waals surface area contributed by atoms with Crippen molar-refractivity contribution in [3.8, 4) is 11.3 Å². The van der Waals surface area contributed by atoms with E-state index in [-0.39, 0.29) is 0 Å². The summed E-state index contributed by atoms with van der Waals surface area (Å²) in [5, 5.41) is 6.67. The summed E-state index contributed by atoms with van der Waals surface area (Å²) in [5.41, 5.74) is 4.79. The molecule has 0 fully saturated rings. The molecule has 26 heavy (non-hydrogen) atoms. The number of aromatic nitrogens is 2. The Morgan fingerprint density at radius 1 is 0.962 bits per heavy atom. The first-order valence-corrected chi connectivity index (χ1v) is 8.90. The molecule has 0 aliphatic carbocycles. The Kier molecular flexibility index (Phi) is 6.04. The largest absolute Gasteiger partial charge is 0.352 e. The van der Waals surface area contributed by atoms with Gasteiger partial charge in [0, 0.05) is 13.6 Å². The van der Waals surface area contributed by atoms with E-state index in [0.717, 1.165) is 36.0 Å². The molecule has 3 rings (SSSR count). The molecule has 0 unspecified atom stereocenters. The third kappa shape index (κ3) is 4.51. The normalized spacial score (nSPS) is 11.4. The first-order valence-electron chi connectivity index (χ1n) is 8.90. The molecule has 0 aliphatic heterocycles. The Morgan fingerprint density at radius 3 is 2.38 bits per heavy atom. The van der Waals surface area contributed by atoms with Crippen molar-refractivity contribution in [1.82, 2.24) is 20.6 Å². The van der Waals surface area contributed by atoms with E-state index >= 15 is 0 Å². The number of aryl methyl sites for hydroxylation is 1. The Bertz CT molecular complexity index is 852. The van der Waals surface area contributed by atoms with Crippen molar-refractivity contribution >= 4 is 5.96 Å². The van der Waals surface area contributed by atoms with Crippen LogP contribution in [0.15, 0.2) is 65.8 Å². The third-order valence-corrected chi connectivity index (χ3v) is 4.31. The maximum absolute atomic E-state index is 4.44. The Labute approximate surface area is 154 Å². The molecule has 0 aliphatic rings. The van der Waals surface area contributed by atoms with Crippen molar-refractivity contribution in [2.45, 2.75) is 26.4 Å². The van der Waals surface area contributed by atoms with Gasteiger partial charge in [-0.1, -0.05) is 61.5 Å². The number of aliphatic imine (C=N–C) groups is 1. The third-order valence-electron chi connectivity index (χ3n) is 4.31. The molecule has 2 aromatic carbocycles. The number of nitrogens with zero attached hydrogens (tertiary/aromatic N) is 2. The summed E-state index contributed by atoms with van der Waals surface area (Å²) in [5.74, 6) is 1.63. The summed E-state index contributed by atoms with van der Waals surface area (Å²) in [6, 6.07) is 18.7. The van der Waals surface area contributed by atoms with Crippen molar-refractivity contribution in [1.29, 1.82) is 0 Å². The predicted molar refractivity (Wildman–Crippen MR) is 107 cm³/mol. The van der Waals surface area contributed by atoms with Gasteiger partial charge in [-0.2, -0.15) is 0 Å². The van der Waals surface area contributed by atoms with Gasteiger partial charge in [-0.05, 0) is 23.1 Å². The van der Waals surface area contributed by atoms with E-state index in [0.29, 0.717) is 6.54 Å². The van der Waals surface area contributed by atoms with E-state index in [1.807, 2.05) is 24.4 Å². The van der Waals surface area contributed by atoms with Gasteiger partial charge in [0.1, 0.15) is 5.82 Å². The van der Waals surface area contributed by atoms with E-state index in [1.54, 1.807) is 7.05 Å². The van der Waals surface area contributed by atoms with Crippen LogP contribution in [0.4, 0.5) is 0 Å². The molecule has 0 amide bonds. The number of hydrogen-bond donors (Lipinski definition) is 3. The zero-order valence-corrected chi connectivity index (χ0v) is 15.3. The van der Waals surface area contributed by atoms with Crippen molar-refractivity contribution < 1.29 is 0 Å². The minimum Gasteiger partial charge on any atom is -0.352 e. The molecule has 5 heteroatoms. The topological polar surface area (TPSA) is 65.1 Å². The maximum Gasteiger partial charge on any atom is 0.191 e. The minimum absolute atomic E-state index is 0.585. The van der Waals surface area contributed by atoms with Crippen molar-refractivity contribution in [3.63, 3.8) is 0 Å². The van der Waals surface area contributed by atoms with Gasteiger partial charge in [-0.3, -0.25) is 4.99 Å². The number of hydrogen-bond acceptors (Lipinski definition) is 2. The van der Waals surface area contributed by atoms with Crippen LogP contribution in [0.2, 0.25) is 0 Å². The maximum atomic E-state index is 4.44. The predicted octanol–water partition coefficient (Wildman–Crippen LogP) is 3.50. The fourth-order valence-electron chi connectivity index (χ4n) is 2.86. The lowest BCUT2D eigenvalue weighted by Crippen LogP contribution is -2.36. The second-order valence-electron chi connectivity index (χ2n) is 6.01. The zero-order chi connectivity index (χ0) is 18.2. The highest BCUT2D eigenvalue weighted by atomic mass is 15.2. The van der Waals surface area contributed by atoms with Crippen molar-refractivity contribution in [2.75, 3.05) is 7.05 Å². The van der Waals surface area contributed by atoms with Crippen LogP contribution in [0.3, 0.4) is 0 Å². The molecule has 3 aromatic rings. The highest BCUT2D eigenvalue weighted by Gasteiger charge is 2.05.